The van der Waals surface area contributed by atoms with Crippen LogP contribution in [0.4, 0.5) is 0 Å². The Hall–Kier alpha value is -0.640. The molecule has 4 heteroatoms. The van der Waals surface area contributed by atoms with Crippen molar-refractivity contribution in [3.8, 4) is 0 Å². The average Bonchev–Trinajstić information content (AvgIpc) is 2.28. The molecule has 0 saturated carbocycles. The van der Waals surface area contributed by atoms with Gasteiger partial charge in [0.2, 0.25) is 0 Å². The van der Waals surface area contributed by atoms with Gasteiger partial charge in [-0.25, -0.2) is 0 Å². The van der Waals surface area contributed by atoms with Crippen LogP contribution in [0.3, 0.4) is 0 Å². The summed E-state index contributed by atoms with van der Waals surface area (Å²) in [6.07, 6.45) is 2.88. The predicted molar refractivity (Wildman–Crippen MR) is 41.8 cm³/mol. The van der Waals surface area contributed by atoms with Gasteiger partial charge in [0.05, 0.1) is 5.29 Å². The monoisotopic (exact) mass is 158 g/mol. The van der Waals surface area contributed by atoms with Crippen LogP contribution in [0.15, 0.2) is 5.29 Å². The molecule has 0 aromatic heterocycles. The van der Waals surface area contributed by atoms with Gasteiger partial charge in [0.15, 0.2) is 0 Å². The van der Waals surface area contributed by atoms with Crippen LogP contribution in [-0.2, 0) is 0 Å². The summed E-state index contributed by atoms with van der Waals surface area (Å²) in [6.45, 7) is 1.70. The lowest BCUT2D eigenvalue weighted by molar-refractivity contribution is 0.209. The highest BCUT2D eigenvalue weighted by Gasteiger charge is 2.15. The molecule has 0 aromatic carbocycles. The highest BCUT2D eigenvalue weighted by atomic mass is 16.3. The summed E-state index contributed by atoms with van der Waals surface area (Å²) in [5.74, 6) is 0.377. The first-order valence-electron chi connectivity index (χ1n) is 4.06. The molecule has 1 saturated heterocycles. The molecule has 1 heterocycles. The molecule has 1 unspecified atom stereocenters. The minimum absolute atomic E-state index is 0.243. The molecule has 1 aliphatic heterocycles. The first-order valence-corrected chi connectivity index (χ1v) is 4.06. The molecule has 0 radical (unpaired) electrons. The SMILES string of the molecule is O=NN1CCCC(CO)CC1. The molecule has 11 heavy (non-hydrogen) atoms. The van der Waals surface area contributed by atoms with Crippen LogP contribution in [0, 0.1) is 10.8 Å². The Morgan fingerprint density at radius 2 is 2.27 bits per heavy atom. The number of rotatable bonds is 2. The number of nitrogens with zero attached hydrogens (tertiary/aromatic N) is 2. The Balaban J connectivity index is 2.32. The Kier molecular flexibility index (Phi) is 3.29. The zero-order chi connectivity index (χ0) is 8.10. The lowest BCUT2D eigenvalue weighted by atomic mass is 10.0. The molecule has 0 amide bonds. The summed E-state index contributed by atoms with van der Waals surface area (Å²) in [6, 6.07) is 0. The molecule has 0 aromatic rings. The number of aliphatic hydroxyl groups excluding tert-OH is 1. The molecule has 64 valence electrons. The van der Waals surface area contributed by atoms with Gasteiger partial charge in [-0.1, -0.05) is 0 Å². The van der Waals surface area contributed by atoms with Crippen molar-refractivity contribution < 1.29 is 5.11 Å². The van der Waals surface area contributed by atoms with Crippen molar-refractivity contribution in [2.24, 2.45) is 11.2 Å². The number of nitroso groups, excluding NO2 is 1. The average molecular weight is 158 g/mol. The summed E-state index contributed by atoms with van der Waals surface area (Å²) in [5, 5.41) is 13.3. The van der Waals surface area contributed by atoms with E-state index in [1.165, 1.54) is 5.01 Å². The second-order valence-electron chi connectivity index (χ2n) is 3.01. The molecule has 0 bridgehead atoms. The molecule has 1 aliphatic rings. The van der Waals surface area contributed by atoms with E-state index in [9.17, 15) is 4.91 Å². The quantitative estimate of drug-likeness (QED) is 0.604. The Labute approximate surface area is 66.1 Å². The highest BCUT2D eigenvalue weighted by Crippen LogP contribution is 2.16. The third-order valence-electron chi connectivity index (χ3n) is 2.20. The van der Waals surface area contributed by atoms with E-state index in [0.717, 1.165) is 25.8 Å². The van der Waals surface area contributed by atoms with Gasteiger partial charge in [-0.2, -0.15) is 0 Å². The predicted octanol–water partition coefficient (Wildman–Crippen LogP) is 0.762. The van der Waals surface area contributed by atoms with Gasteiger partial charge in [0.1, 0.15) is 0 Å². The first-order chi connectivity index (χ1) is 5.36. The van der Waals surface area contributed by atoms with Gasteiger partial charge in [0, 0.05) is 19.7 Å². The molecule has 4 nitrogen and oxygen atoms in total. The lowest BCUT2D eigenvalue weighted by Crippen LogP contribution is -2.17. The lowest BCUT2D eigenvalue weighted by Gasteiger charge is -2.10. The topological polar surface area (TPSA) is 52.9 Å². The van der Waals surface area contributed by atoms with E-state index in [1.807, 2.05) is 0 Å². The molecular weight excluding hydrogens is 144 g/mol. The normalized spacial score (nSPS) is 26.3. The van der Waals surface area contributed by atoms with Gasteiger partial charge in [-0.05, 0) is 25.2 Å². The van der Waals surface area contributed by atoms with Crippen LogP contribution in [0.1, 0.15) is 19.3 Å². The fourth-order valence-corrected chi connectivity index (χ4v) is 1.41. The van der Waals surface area contributed by atoms with E-state index in [0.29, 0.717) is 12.5 Å². The van der Waals surface area contributed by atoms with Crippen LogP contribution < -0.4 is 0 Å². The smallest absolute Gasteiger partial charge is 0.0523 e. The van der Waals surface area contributed by atoms with Crippen molar-refractivity contribution in [1.29, 1.82) is 0 Å². The number of aliphatic hydroxyl groups is 1. The fourth-order valence-electron chi connectivity index (χ4n) is 1.41. The van der Waals surface area contributed by atoms with E-state index >= 15 is 0 Å². The minimum Gasteiger partial charge on any atom is -0.396 e. The van der Waals surface area contributed by atoms with Crippen LogP contribution in [0.2, 0.25) is 0 Å². The fraction of sp³-hybridized carbons (Fsp3) is 1.00. The number of hydrogen-bond donors (Lipinski definition) is 1. The second kappa shape index (κ2) is 4.28. The van der Waals surface area contributed by atoms with E-state index in [2.05, 4.69) is 5.29 Å². The Morgan fingerprint density at radius 1 is 1.45 bits per heavy atom. The largest absolute Gasteiger partial charge is 0.396 e. The maximum absolute atomic E-state index is 10.1. The zero-order valence-corrected chi connectivity index (χ0v) is 6.57. The minimum atomic E-state index is 0.243. The van der Waals surface area contributed by atoms with Gasteiger partial charge in [-0.3, -0.25) is 5.01 Å². The van der Waals surface area contributed by atoms with Crippen LogP contribution in [0.5, 0.6) is 0 Å². The zero-order valence-electron chi connectivity index (χ0n) is 6.57. The third-order valence-corrected chi connectivity index (χ3v) is 2.20. The summed E-state index contributed by atoms with van der Waals surface area (Å²) in [4.78, 5) is 10.1. The van der Waals surface area contributed by atoms with Crippen molar-refractivity contribution in [2.75, 3.05) is 19.7 Å². The van der Waals surface area contributed by atoms with Crippen molar-refractivity contribution in [3.05, 3.63) is 4.91 Å². The second-order valence-corrected chi connectivity index (χ2v) is 3.01. The van der Waals surface area contributed by atoms with E-state index < -0.39 is 0 Å². The molecule has 1 fully saturated rings. The van der Waals surface area contributed by atoms with E-state index in [1.54, 1.807) is 0 Å². The molecule has 0 spiro atoms. The standard InChI is InChI=1S/C7H14N2O2/c10-6-7-2-1-4-9(8-11)5-3-7/h7,10H,1-6H2. The van der Waals surface area contributed by atoms with Crippen LogP contribution in [-0.4, -0.2) is 29.8 Å². The molecule has 1 rings (SSSR count). The maximum Gasteiger partial charge on any atom is 0.0523 e. The highest BCUT2D eigenvalue weighted by molar-refractivity contribution is 4.66. The van der Waals surface area contributed by atoms with E-state index in [-0.39, 0.29) is 6.61 Å². The maximum atomic E-state index is 10.1. The van der Waals surface area contributed by atoms with Gasteiger partial charge >= 0.3 is 0 Å². The van der Waals surface area contributed by atoms with Gasteiger partial charge in [0.25, 0.3) is 0 Å². The van der Waals surface area contributed by atoms with Crippen molar-refractivity contribution in [1.82, 2.24) is 5.01 Å². The van der Waals surface area contributed by atoms with Crippen LogP contribution in [0.25, 0.3) is 0 Å². The van der Waals surface area contributed by atoms with Crippen molar-refractivity contribution >= 4 is 0 Å². The van der Waals surface area contributed by atoms with Crippen LogP contribution >= 0.6 is 0 Å². The third kappa shape index (κ3) is 2.46. The Morgan fingerprint density at radius 3 is 2.91 bits per heavy atom. The summed E-state index contributed by atoms with van der Waals surface area (Å²) in [5.41, 5.74) is 0. The van der Waals surface area contributed by atoms with Crippen molar-refractivity contribution in [2.45, 2.75) is 19.3 Å². The summed E-state index contributed by atoms with van der Waals surface area (Å²) < 4.78 is 0. The Bertz CT molecular complexity index is 130. The molecule has 1 N–H and O–H groups in total. The molecule has 1 atom stereocenters. The molecular formula is C7H14N2O2. The van der Waals surface area contributed by atoms with Crippen molar-refractivity contribution in [3.63, 3.8) is 0 Å². The summed E-state index contributed by atoms with van der Waals surface area (Å²) in [7, 11) is 0. The molecule has 0 aliphatic carbocycles. The van der Waals surface area contributed by atoms with E-state index in [4.69, 9.17) is 5.11 Å². The van der Waals surface area contributed by atoms with Gasteiger partial charge < -0.3 is 5.11 Å². The van der Waals surface area contributed by atoms with Gasteiger partial charge in [-0.15, -0.1) is 4.91 Å². The number of hydrogen-bond acceptors (Lipinski definition) is 3. The summed E-state index contributed by atoms with van der Waals surface area (Å²) >= 11 is 0. The first kappa shape index (κ1) is 8.46.